The van der Waals surface area contributed by atoms with Gasteiger partial charge in [-0.2, -0.15) is 0 Å². The lowest BCUT2D eigenvalue weighted by atomic mass is 9.67. The second kappa shape index (κ2) is 5.97. The van der Waals surface area contributed by atoms with Gasteiger partial charge in [-0.15, -0.1) is 0 Å². The third kappa shape index (κ3) is 4.65. The highest BCUT2D eigenvalue weighted by atomic mass is 19.1. The van der Waals surface area contributed by atoms with Crippen LogP contribution in [0.15, 0.2) is 0 Å². The summed E-state index contributed by atoms with van der Waals surface area (Å²) in [6.07, 6.45) is -1.74. The fourth-order valence-corrected chi connectivity index (χ4v) is 2.07. The van der Waals surface area contributed by atoms with Gasteiger partial charge < -0.3 is 14.8 Å². The third-order valence-corrected chi connectivity index (χ3v) is 2.97. The Morgan fingerprint density at radius 1 is 1.35 bits per heavy atom. The number of carbonyl (C=O) groups excluding carboxylic acids is 2. The largest absolute Gasteiger partial charge is 0.462 e. The van der Waals surface area contributed by atoms with Gasteiger partial charge in [0.2, 0.25) is 0 Å². The van der Waals surface area contributed by atoms with E-state index in [4.69, 9.17) is 9.47 Å². The number of alkyl carbamates (subject to hydrolysis) is 1. The van der Waals surface area contributed by atoms with Crippen molar-refractivity contribution in [3.63, 3.8) is 0 Å². The van der Waals surface area contributed by atoms with Gasteiger partial charge in [-0.3, -0.25) is 4.79 Å². The van der Waals surface area contributed by atoms with Crippen molar-refractivity contribution in [2.45, 2.75) is 65.3 Å². The van der Waals surface area contributed by atoms with E-state index < -0.39 is 29.3 Å². The van der Waals surface area contributed by atoms with Crippen LogP contribution in [0.25, 0.3) is 0 Å². The molecule has 1 N–H and O–H groups in total. The van der Waals surface area contributed by atoms with E-state index in [9.17, 15) is 14.0 Å². The molecule has 0 bridgehead atoms. The van der Waals surface area contributed by atoms with E-state index in [1.54, 1.807) is 34.6 Å². The zero-order valence-corrected chi connectivity index (χ0v) is 12.8. The molecule has 0 radical (unpaired) electrons. The highest BCUT2D eigenvalue weighted by molar-refractivity contribution is 5.79. The molecule has 0 aliphatic heterocycles. The zero-order valence-electron chi connectivity index (χ0n) is 12.8. The zero-order chi connectivity index (χ0) is 15.6. The second-order valence-corrected chi connectivity index (χ2v) is 6.60. The molecule has 6 heteroatoms. The van der Waals surface area contributed by atoms with Crippen LogP contribution in [-0.2, 0) is 14.3 Å². The summed E-state index contributed by atoms with van der Waals surface area (Å²) >= 11 is 0. The smallest absolute Gasteiger partial charge is 0.407 e. The Morgan fingerprint density at radius 2 is 1.90 bits per heavy atom. The molecule has 0 aromatic rings. The van der Waals surface area contributed by atoms with Crippen LogP contribution >= 0.6 is 0 Å². The van der Waals surface area contributed by atoms with Crippen LogP contribution in [0, 0.1) is 5.41 Å². The first kappa shape index (κ1) is 16.7. The molecule has 0 aromatic heterocycles. The summed E-state index contributed by atoms with van der Waals surface area (Å²) in [6, 6.07) is 0. The van der Waals surface area contributed by atoms with Gasteiger partial charge in [-0.1, -0.05) is 0 Å². The van der Waals surface area contributed by atoms with Crippen molar-refractivity contribution in [2.24, 2.45) is 5.41 Å². The topological polar surface area (TPSA) is 64.6 Å². The normalized spacial score (nSPS) is 25.9. The van der Waals surface area contributed by atoms with E-state index >= 15 is 0 Å². The molecular weight excluding hydrogens is 265 g/mol. The highest BCUT2D eigenvalue weighted by Crippen LogP contribution is 2.44. The number of hydrogen-bond acceptors (Lipinski definition) is 4. The molecular formula is C14H24FNO4. The predicted octanol–water partition coefficient (Wildman–Crippen LogP) is 2.58. The molecule has 1 fully saturated rings. The molecule has 1 saturated carbocycles. The van der Waals surface area contributed by atoms with E-state index in [0.717, 1.165) is 0 Å². The number of alkyl halides is 1. The molecule has 20 heavy (non-hydrogen) atoms. The summed E-state index contributed by atoms with van der Waals surface area (Å²) in [5.41, 5.74) is -1.57. The minimum absolute atomic E-state index is 0.0356. The summed E-state index contributed by atoms with van der Waals surface area (Å²) in [5, 5.41) is 2.53. The number of rotatable bonds is 4. The van der Waals surface area contributed by atoms with Gasteiger partial charge in [-0.25, -0.2) is 9.18 Å². The molecule has 0 saturated heterocycles. The van der Waals surface area contributed by atoms with Crippen LogP contribution in [0.3, 0.4) is 0 Å². The number of hydrogen-bond donors (Lipinski definition) is 1. The van der Waals surface area contributed by atoms with Gasteiger partial charge >= 0.3 is 12.1 Å². The maximum absolute atomic E-state index is 13.2. The van der Waals surface area contributed by atoms with Crippen molar-refractivity contribution in [1.82, 2.24) is 5.32 Å². The number of esters is 1. The van der Waals surface area contributed by atoms with Crippen LogP contribution in [0.2, 0.25) is 0 Å². The highest BCUT2D eigenvalue weighted by Gasteiger charge is 2.52. The molecule has 1 rings (SSSR count). The Hall–Kier alpha value is -1.33. The maximum atomic E-state index is 13.2. The minimum atomic E-state index is -1.02. The van der Waals surface area contributed by atoms with Crippen LogP contribution in [-0.4, -0.2) is 36.5 Å². The van der Waals surface area contributed by atoms with Gasteiger partial charge in [0.1, 0.15) is 11.8 Å². The van der Waals surface area contributed by atoms with Crippen LogP contribution < -0.4 is 5.32 Å². The molecule has 0 atom stereocenters. The summed E-state index contributed by atoms with van der Waals surface area (Å²) in [7, 11) is 0. The van der Waals surface area contributed by atoms with Gasteiger partial charge in [0, 0.05) is 6.54 Å². The Morgan fingerprint density at radius 3 is 2.30 bits per heavy atom. The van der Waals surface area contributed by atoms with Crippen LogP contribution in [0.4, 0.5) is 9.18 Å². The van der Waals surface area contributed by atoms with E-state index in [2.05, 4.69) is 5.32 Å². The molecule has 1 aliphatic rings. The predicted molar refractivity (Wildman–Crippen MR) is 72.0 cm³/mol. The molecule has 0 spiro atoms. The second-order valence-electron chi connectivity index (χ2n) is 6.60. The molecule has 0 aromatic carbocycles. The van der Waals surface area contributed by atoms with E-state index in [1.807, 2.05) is 0 Å². The Labute approximate surface area is 119 Å². The van der Waals surface area contributed by atoms with Crippen molar-refractivity contribution in [3.8, 4) is 0 Å². The lowest BCUT2D eigenvalue weighted by Crippen LogP contribution is -2.54. The average molecular weight is 289 g/mol. The first-order valence-electron chi connectivity index (χ1n) is 6.86. The molecule has 5 nitrogen and oxygen atoms in total. The summed E-state index contributed by atoms with van der Waals surface area (Å²) < 4.78 is 23.4. The SMILES string of the molecule is CC(C)OC(=O)C1(CNC(=O)OC(C)(C)C)CC(F)C1. The fourth-order valence-electron chi connectivity index (χ4n) is 2.07. The van der Waals surface area contributed by atoms with Crippen LogP contribution in [0.1, 0.15) is 47.5 Å². The molecule has 1 aliphatic carbocycles. The summed E-state index contributed by atoms with van der Waals surface area (Å²) in [6.45, 7) is 8.74. The van der Waals surface area contributed by atoms with Crippen molar-refractivity contribution in [3.05, 3.63) is 0 Å². The lowest BCUT2D eigenvalue weighted by molar-refractivity contribution is -0.169. The first-order chi connectivity index (χ1) is 9.04. The Kier molecular flexibility index (Phi) is 5.00. The van der Waals surface area contributed by atoms with Crippen LogP contribution in [0.5, 0.6) is 0 Å². The van der Waals surface area contributed by atoms with Crippen molar-refractivity contribution in [1.29, 1.82) is 0 Å². The van der Waals surface area contributed by atoms with E-state index in [0.29, 0.717) is 0 Å². The van der Waals surface area contributed by atoms with E-state index in [1.165, 1.54) is 0 Å². The van der Waals surface area contributed by atoms with Crippen molar-refractivity contribution in [2.75, 3.05) is 6.54 Å². The minimum Gasteiger partial charge on any atom is -0.462 e. The number of amides is 1. The van der Waals surface area contributed by atoms with E-state index in [-0.39, 0.29) is 25.5 Å². The molecule has 1 amide bonds. The van der Waals surface area contributed by atoms with Gasteiger partial charge in [0.25, 0.3) is 0 Å². The summed E-state index contributed by atoms with van der Waals surface area (Å²) in [4.78, 5) is 23.6. The number of ether oxygens (including phenoxy) is 2. The third-order valence-electron chi connectivity index (χ3n) is 2.97. The maximum Gasteiger partial charge on any atom is 0.407 e. The quantitative estimate of drug-likeness (QED) is 0.808. The van der Waals surface area contributed by atoms with Crippen molar-refractivity contribution < 1.29 is 23.5 Å². The molecule has 0 unspecified atom stereocenters. The standard InChI is InChI=1S/C14H24FNO4/c1-9(2)19-11(17)14(6-10(15)7-14)8-16-12(18)20-13(3,4)5/h9-10H,6-8H2,1-5H3,(H,16,18). The Balaban J connectivity index is 2.56. The van der Waals surface area contributed by atoms with Gasteiger partial charge in [-0.05, 0) is 47.5 Å². The number of carbonyl (C=O) groups is 2. The monoisotopic (exact) mass is 289 g/mol. The first-order valence-corrected chi connectivity index (χ1v) is 6.86. The molecule has 0 heterocycles. The molecule has 116 valence electrons. The van der Waals surface area contributed by atoms with Gasteiger partial charge in [0.05, 0.1) is 11.5 Å². The lowest BCUT2D eigenvalue weighted by Gasteiger charge is -2.42. The number of halogens is 1. The van der Waals surface area contributed by atoms with Gasteiger partial charge in [0.15, 0.2) is 0 Å². The average Bonchev–Trinajstić information content (AvgIpc) is 2.18. The Bertz CT molecular complexity index is 370. The fraction of sp³-hybridized carbons (Fsp3) is 0.857. The number of nitrogens with one attached hydrogen (secondary N) is 1. The van der Waals surface area contributed by atoms with Crippen molar-refractivity contribution >= 4 is 12.1 Å². The summed E-state index contributed by atoms with van der Waals surface area (Å²) in [5.74, 6) is -0.461.